The molecule has 2 heterocycles. The Morgan fingerprint density at radius 1 is 1.00 bits per heavy atom. The quantitative estimate of drug-likeness (QED) is 0.235. The third-order valence-corrected chi connectivity index (χ3v) is 6.76. The van der Waals surface area contributed by atoms with E-state index < -0.39 is 17.7 Å². The number of carbonyl (C=O) groups is 2. The molecule has 5 nitrogen and oxygen atoms in total. The van der Waals surface area contributed by atoms with Crippen LogP contribution in [-0.2, 0) is 9.59 Å². The number of anilines is 1. The standard InChI is InChI=1S/C25H17ClN2O3S/c1-14-6-5-9-18-20(14)27-25(32-18)28-21(15-10-12-17(26)13-11-15)19(23(30)24(28)31)22(29)16-7-3-2-4-8-16/h2-13,21,29H,1H3/b22-19+. The average Bonchev–Trinajstić information content (AvgIpc) is 3.34. The summed E-state index contributed by atoms with van der Waals surface area (Å²) in [6.07, 6.45) is 0. The molecule has 158 valence electrons. The van der Waals surface area contributed by atoms with E-state index in [0.717, 1.165) is 15.8 Å². The van der Waals surface area contributed by atoms with Crippen molar-refractivity contribution < 1.29 is 14.7 Å². The highest BCUT2D eigenvalue weighted by Gasteiger charge is 2.48. The highest BCUT2D eigenvalue weighted by molar-refractivity contribution is 7.22. The molecule has 1 aromatic heterocycles. The van der Waals surface area contributed by atoms with E-state index in [0.29, 0.717) is 21.3 Å². The van der Waals surface area contributed by atoms with E-state index in [1.807, 2.05) is 31.2 Å². The number of hydrogen-bond acceptors (Lipinski definition) is 5. The first kappa shape index (κ1) is 20.4. The van der Waals surface area contributed by atoms with E-state index in [4.69, 9.17) is 11.6 Å². The molecule has 1 fully saturated rings. The summed E-state index contributed by atoms with van der Waals surface area (Å²) in [6.45, 7) is 1.95. The molecule has 4 aromatic rings. The van der Waals surface area contributed by atoms with Crippen LogP contribution in [0, 0.1) is 6.92 Å². The molecule has 7 heteroatoms. The van der Waals surface area contributed by atoms with Crippen LogP contribution in [0.2, 0.25) is 5.02 Å². The van der Waals surface area contributed by atoms with Gasteiger partial charge in [-0.05, 0) is 36.2 Å². The number of nitrogens with zero attached hydrogens (tertiary/aromatic N) is 2. The zero-order chi connectivity index (χ0) is 22.4. The SMILES string of the molecule is Cc1cccc2sc(N3C(=O)C(=O)/C(=C(/O)c4ccccc4)C3c3ccc(Cl)cc3)nc12. The summed E-state index contributed by atoms with van der Waals surface area (Å²) < 4.78 is 0.916. The number of halogens is 1. The molecule has 1 amide bonds. The highest BCUT2D eigenvalue weighted by Crippen LogP contribution is 2.44. The number of thiazole rings is 1. The minimum atomic E-state index is -0.826. The Morgan fingerprint density at radius 3 is 2.41 bits per heavy atom. The summed E-state index contributed by atoms with van der Waals surface area (Å²) in [6, 6.07) is 20.6. The summed E-state index contributed by atoms with van der Waals surface area (Å²) >= 11 is 7.41. The van der Waals surface area contributed by atoms with Gasteiger partial charge in [-0.25, -0.2) is 4.98 Å². The molecular formula is C25H17ClN2O3S. The number of benzene rings is 3. The van der Waals surface area contributed by atoms with Gasteiger partial charge < -0.3 is 5.11 Å². The lowest BCUT2D eigenvalue weighted by atomic mass is 9.95. The fraction of sp³-hybridized carbons (Fsp3) is 0.0800. The van der Waals surface area contributed by atoms with Gasteiger partial charge in [0.05, 0.1) is 21.8 Å². The summed E-state index contributed by atoms with van der Waals surface area (Å²) in [5, 5.41) is 12.0. The number of aliphatic hydroxyl groups excluding tert-OH is 1. The van der Waals surface area contributed by atoms with Gasteiger partial charge in [-0.15, -0.1) is 0 Å². The molecular weight excluding hydrogens is 444 g/mol. The van der Waals surface area contributed by atoms with Crippen LogP contribution in [0.1, 0.15) is 22.7 Å². The van der Waals surface area contributed by atoms with Crippen molar-refractivity contribution in [3.05, 3.63) is 100 Å². The molecule has 1 unspecified atom stereocenters. The third kappa shape index (κ3) is 3.28. The molecule has 1 atom stereocenters. The molecule has 0 aliphatic carbocycles. The molecule has 0 bridgehead atoms. The van der Waals surface area contributed by atoms with Crippen LogP contribution in [0.25, 0.3) is 16.0 Å². The predicted molar refractivity (Wildman–Crippen MR) is 127 cm³/mol. The van der Waals surface area contributed by atoms with Crippen LogP contribution in [0.3, 0.4) is 0 Å². The van der Waals surface area contributed by atoms with Gasteiger partial charge in [0, 0.05) is 10.6 Å². The van der Waals surface area contributed by atoms with Gasteiger partial charge in [0.25, 0.3) is 5.78 Å². The molecule has 1 aliphatic heterocycles. The van der Waals surface area contributed by atoms with Crippen LogP contribution < -0.4 is 4.90 Å². The zero-order valence-electron chi connectivity index (χ0n) is 16.9. The van der Waals surface area contributed by atoms with Gasteiger partial charge in [0.1, 0.15) is 5.76 Å². The van der Waals surface area contributed by atoms with Gasteiger partial charge >= 0.3 is 5.91 Å². The molecule has 32 heavy (non-hydrogen) atoms. The van der Waals surface area contributed by atoms with Crippen molar-refractivity contribution in [2.24, 2.45) is 0 Å². The summed E-state index contributed by atoms with van der Waals surface area (Å²) in [4.78, 5) is 32.5. The molecule has 3 aromatic carbocycles. The van der Waals surface area contributed by atoms with E-state index in [1.54, 1.807) is 48.5 Å². The summed E-state index contributed by atoms with van der Waals surface area (Å²) in [5.41, 5.74) is 2.91. The first-order valence-electron chi connectivity index (χ1n) is 9.94. The monoisotopic (exact) mass is 460 g/mol. The van der Waals surface area contributed by atoms with Gasteiger partial charge in [-0.1, -0.05) is 77.5 Å². The molecule has 1 N–H and O–H groups in total. The second kappa shape index (κ2) is 7.89. The number of ketones is 1. The van der Waals surface area contributed by atoms with Gasteiger partial charge in [-0.2, -0.15) is 0 Å². The predicted octanol–water partition coefficient (Wildman–Crippen LogP) is 5.88. The van der Waals surface area contributed by atoms with Crippen LogP contribution in [-0.4, -0.2) is 21.8 Å². The van der Waals surface area contributed by atoms with Crippen molar-refractivity contribution in [3.63, 3.8) is 0 Å². The topological polar surface area (TPSA) is 70.5 Å². The van der Waals surface area contributed by atoms with Crippen molar-refractivity contribution in [2.75, 3.05) is 4.90 Å². The van der Waals surface area contributed by atoms with E-state index >= 15 is 0 Å². The van der Waals surface area contributed by atoms with Crippen molar-refractivity contribution >= 4 is 55.7 Å². The molecule has 1 saturated heterocycles. The van der Waals surface area contributed by atoms with Crippen molar-refractivity contribution in [2.45, 2.75) is 13.0 Å². The summed E-state index contributed by atoms with van der Waals surface area (Å²) in [5.74, 6) is -1.69. The first-order chi connectivity index (χ1) is 15.5. The largest absolute Gasteiger partial charge is 0.507 e. The van der Waals surface area contributed by atoms with Gasteiger partial charge in [0.15, 0.2) is 5.13 Å². The highest BCUT2D eigenvalue weighted by atomic mass is 35.5. The maximum absolute atomic E-state index is 13.2. The number of amides is 1. The van der Waals surface area contributed by atoms with Crippen LogP contribution in [0.15, 0.2) is 78.4 Å². The van der Waals surface area contributed by atoms with E-state index in [2.05, 4.69) is 4.98 Å². The lowest BCUT2D eigenvalue weighted by Crippen LogP contribution is -2.29. The van der Waals surface area contributed by atoms with Gasteiger partial charge in [0.2, 0.25) is 0 Å². The van der Waals surface area contributed by atoms with Crippen molar-refractivity contribution in [3.8, 4) is 0 Å². The smallest absolute Gasteiger partial charge is 0.301 e. The number of aryl methyl sites for hydroxylation is 1. The Kier molecular flexibility index (Phi) is 5.04. The number of carbonyl (C=O) groups excluding carboxylic acids is 2. The molecule has 0 spiro atoms. The van der Waals surface area contributed by atoms with Crippen LogP contribution in [0.4, 0.5) is 5.13 Å². The Labute approximate surface area is 193 Å². The number of para-hydroxylation sites is 1. The third-order valence-electron chi connectivity index (χ3n) is 5.49. The fourth-order valence-corrected chi connectivity index (χ4v) is 5.12. The van der Waals surface area contributed by atoms with E-state index in [1.165, 1.54) is 16.2 Å². The number of Topliss-reactive ketones (excluding diaryl/α,β-unsaturated/α-hetero) is 1. The number of hydrogen-bond donors (Lipinski definition) is 1. The second-order valence-electron chi connectivity index (χ2n) is 7.50. The summed E-state index contributed by atoms with van der Waals surface area (Å²) in [7, 11) is 0. The molecule has 1 aliphatic rings. The minimum Gasteiger partial charge on any atom is -0.507 e. The van der Waals surface area contributed by atoms with Crippen LogP contribution in [0.5, 0.6) is 0 Å². The lowest BCUT2D eigenvalue weighted by molar-refractivity contribution is -0.132. The van der Waals surface area contributed by atoms with E-state index in [-0.39, 0.29) is 11.3 Å². The molecule has 0 radical (unpaired) electrons. The fourth-order valence-electron chi connectivity index (χ4n) is 3.92. The minimum absolute atomic E-state index is 0.0273. The Bertz CT molecular complexity index is 1390. The zero-order valence-corrected chi connectivity index (χ0v) is 18.5. The maximum atomic E-state index is 13.2. The van der Waals surface area contributed by atoms with Crippen LogP contribution >= 0.6 is 22.9 Å². The van der Waals surface area contributed by atoms with E-state index in [9.17, 15) is 14.7 Å². The van der Waals surface area contributed by atoms with Gasteiger partial charge in [-0.3, -0.25) is 14.5 Å². The molecule has 0 saturated carbocycles. The van der Waals surface area contributed by atoms with Crippen molar-refractivity contribution in [1.82, 2.24) is 4.98 Å². The average molecular weight is 461 g/mol. The molecule has 5 rings (SSSR count). The Hall–Kier alpha value is -3.48. The normalized spacial score (nSPS) is 17.9. The Morgan fingerprint density at radius 2 is 1.72 bits per heavy atom. The maximum Gasteiger partial charge on any atom is 0.301 e. The Balaban J connectivity index is 1.75. The lowest BCUT2D eigenvalue weighted by Gasteiger charge is -2.23. The van der Waals surface area contributed by atoms with Crippen molar-refractivity contribution in [1.29, 1.82) is 0 Å². The first-order valence-corrected chi connectivity index (χ1v) is 11.1. The second-order valence-corrected chi connectivity index (χ2v) is 8.95. The number of aliphatic hydroxyl groups is 1. The number of aromatic nitrogens is 1. The number of fused-ring (bicyclic) bond motifs is 1. The number of rotatable bonds is 3.